The van der Waals surface area contributed by atoms with Gasteiger partial charge in [0.05, 0.1) is 22.9 Å². The van der Waals surface area contributed by atoms with Crippen molar-refractivity contribution in [3.05, 3.63) is 59.2 Å². The van der Waals surface area contributed by atoms with Crippen molar-refractivity contribution >= 4 is 11.4 Å². The second kappa shape index (κ2) is 5.57. The minimum absolute atomic E-state index is 0.465. The van der Waals surface area contributed by atoms with Crippen LogP contribution >= 0.6 is 0 Å². The molecular formula is C15H12N4. The van der Waals surface area contributed by atoms with Gasteiger partial charge in [0.25, 0.3) is 0 Å². The van der Waals surface area contributed by atoms with Crippen LogP contribution in [0.3, 0.4) is 0 Å². The fourth-order valence-electron chi connectivity index (χ4n) is 1.68. The average Bonchev–Trinajstić information content (AvgIpc) is 2.46. The maximum Gasteiger partial charge on any atom is 0.101 e. The highest BCUT2D eigenvalue weighted by Crippen LogP contribution is 2.17. The number of hydrogen-bond acceptors (Lipinski definition) is 4. The van der Waals surface area contributed by atoms with E-state index in [1.807, 2.05) is 24.3 Å². The van der Waals surface area contributed by atoms with Crippen LogP contribution in [0.15, 0.2) is 42.5 Å². The molecule has 0 aliphatic rings. The first kappa shape index (κ1) is 12.5. The molecular weight excluding hydrogens is 236 g/mol. The largest absolute Gasteiger partial charge is 0.398 e. The van der Waals surface area contributed by atoms with Crippen molar-refractivity contribution in [1.29, 1.82) is 10.5 Å². The Kier molecular flexibility index (Phi) is 3.66. The van der Waals surface area contributed by atoms with Gasteiger partial charge in [-0.15, -0.1) is 0 Å². The third kappa shape index (κ3) is 3.02. The molecule has 0 saturated carbocycles. The lowest BCUT2D eigenvalue weighted by Gasteiger charge is -2.08. The number of nitrogens with one attached hydrogen (secondary N) is 1. The Bertz CT molecular complexity index is 660. The van der Waals surface area contributed by atoms with E-state index in [4.69, 9.17) is 16.3 Å². The van der Waals surface area contributed by atoms with Crippen molar-refractivity contribution in [3.63, 3.8) is 0 Å². The number of benzene rings is 2. The van der Waals surface area contributed by atoms with E-state index in [0.717, 1.165) is 11.3 Å². The predicted octanol–water partition coefficient (Wildman–Crippen LogP) is 2.62. The minimum Gasteiger partial charge on any atom is -0.398 e. The standard InChI is InChI=1S/C15H12N4/c16-8-11-1-3-12(4-2-11)10-19-14-6-5-13(9-17)15(18)7-14/h1-7,19H,10,18H2. The lowest BCUT2D eigenvalue weighted by atomic mass is 10.1. The average molecular weight is 248 g/mol. The summed E-state index contributed by atoms with van der Waals surface area (Å²) >= 11 is 0. The first-order valence-electron chi connectivity index (χ1n) is 5.75. The zero-order chi connectivity index (χ0) is 13.7. The molecule has 2 aromatic rings. The first-order chi connectivity index (χ1) is 9.22. The lowest BCUT2D eigenvalue weighted by molar-refractivity contribution is 1.15. The molecule has 0 aromatic heterocycles. The van der Waals surface area contributed by atoms with Gasteiger partial charge in [0.2, 0.25) is 0 Å². The summed E-state index contributed by atoms with van der Waals surface area (Å²) < 4.78 is 0. The van der Waals surface area contributed by atoms with Crippen molar-refractivity contribution in [2.45, 2.75) is 6.54 Å². The molecule has 4 nitrogen and oxygen atoms in total. The van der Waals surface area contributed by atoms with E-state index in [-0.39, 0.29) is 0 Å². The molecule has 4 heteroatoms. The molecule has 0 fully saturated rings. The molecule has 0 amide bonds. The maximum atomic E-state index is 8.79. The molecule has 2 rings (SSSR count). The molecule has 0 aliphatic heterocycles. The highest BCUT2D eigenvalue weighted by atomic mass is 14.9. The smallest absolute Gasteiger partial charge is 0.101 e. The Balaban J connectivity index is 2.04. The second-order valence-electron chi connectivity index (χ2n) is 4.08. The molecule has 0 aliphatic carbocycles. The van der Waals surface area contributed by atoms with Crippen LogP contribution in [0.2, 0.25) is 0 Å². The molecule has 3 N–H and O–H groups in total. The zero-order valence-corrected chi connectivity index (χ0v) is 10.2. The molecule has 19 heavy (non-hydrogen) atoms. The van der Waals surface area contributed by atoms with Gasteiger partial charge in [-0.05, 0) is 35.9 Å². The van der Waals surface area contributed by atoms with Gasteiger partial charge in [-0.1, -0.05) is 12.1 Å². The van der Waals surface area contributed by atoms with Crippen LogP contribution in [-0.4, -0.2) is 0 Å². The van der Waals surface area contributed by atoms with Gasteiger partial charge in [0.1, 0.15) is 6.07 Å². The van der Waals surface area contributed by atoms with Crippen molar-refractivity contribution < 1.29 is 0 Å². The summed E-state index contributed by atoms with van der Waals surface area (Å²) in [5.74, 6) is 0. The second-order valence-corrected chi connectivity index (χ2v) is 4.08. The van der Waals surface area contributed by atoms with Crippen LogP contribution < -0.4 is 11.1 Å². The van der Waals surface area contributed by atoms with Gasteiger partial charge < -0.3 is 11.1 Å². The molecule has 0 heterocycles. The summed E-state index contributed by atoms with van der Waals surface area (Å²) in [6, 6.07) is 16.7. The van der Waals surface area contributed by atoms with Crippen LogP contribution in [0, 0.1) is 22.7 Å². The van der Waals surface area contributed by atoms with Gasteiger partial charge in [0, 0.05) is 12.2 Å². The van der Waals surface area contributed by atoms with E-state index in [1.165, 1.54) is 0 Å². The molecule has 0 saturated heterocycles. The summed E-state index contributed by atoms with van der Waals surface area (Å²) in [6.07, 6.45) is 0. The monoisotopic (exact) mass is 248 g/mol. The summed E-state index contributed by atoms with van der Waals surface area (Å²) in [5, 5.41) is 20.7. The third-order valence-electron chi connectivity index (χ3n) is 2.75. The van der Waals surface area contributed by atoms with Crippen molar-refractivity contribution in [2.24, 2.45) is 0 Å². The van der Waals surface area contributed by atoms with E-state index in [1.54, 1.807) is 24.3 Å². The normalized spacial score (nSPS) is 9.37. The summed E-state index contributed by atoms with van der Waals surface area (Å²) in [7, 11) is 0. The van der Waals surface area contributed by atoms with Crippen molar-refractivity contribution in [3.8, 4) is 12.1 Å². The first-order valence-corrected chi connectivity index (χ1v) is 5.75. The number of rotatable bonds is 3. The number of hydrogen-bond donors (Lipinski definition) is 2. The van der Waals surface area contributed by atoms with Gasteiger partial charge in [-0.3, -0.25) is 0 Å². The SMILES string of the molecule is N#Cc1ccc(CNc2ccc(C#N)c(N)c2)cc1. The van der Waals surface area contributed by atoms with E-state index in [0.29, 0.717) is 23.4 Å². The van der Waals surface area contributed by atoms with Gasteiger partial charge in [-0.2, -0.15) is 10.5 Å². The third-order valence-corrected chi connectivity index (χ3v) is 2.75. The highest BCUT2D eigenvalue weighted by Gasteiger charge is 2.00. The Hall–Kier alpha value is -2.98. The van der Waals surface area contributed by atoms with Gasteiger partial charge in [0.15, 0.2) is 0 Å². The van der Waals surface area contributed by atoms with Crippen LogP contribution in [-0.2, 0) is 6.54 Å². The van der Waals surface area contributed by atoms with Crippen LogP contribution in [0.25, 0.3) is 0 Å². The molecule has 2 aromatic carbocycles. The Labute approximate surface area is 111 Å². The fraction of sp³-hybridized carbons (Fsp3) is 0.0667. The summed E-state index contributed by atoms with van der Waals surface area (Å²) in [4.78, 5) is 0. The number of nitrogen functional groups attached to an aromatic ring is 1. The summed E-state index contributed by atoms with van der Waals surface area (Å²) in [5.41, 5.74) is 9.26. The van der Waals surface area contributed by atoms with E-state index in [2.05, 4.69) is 11.4 Å². The van der Waals surface area contributed by atoms with E-state index < -0.39 is 0 Å². The Morgan fingerprint density at radius 2 is 1.74 bits per heavy atom. The van der Waals surface area contributed by atoms with Crippen LogP contribution in [0.5, 0.6) is 0 Å². The Morgan fingerprint density at radius 3 is 2.32 bits per heavy atom. The molecule has 0 unspecified atom stereocenters. The van der Waals surface area contributed by atoms with E-state index in [9.17, 15) is 0 Å². The summed E-state index contributed by atoms with van der Waals surface area (Å²) in [6.45, 7) is 0.636. The fourth-order valence-corrected chi connectivity index (χ4v) is 1.68. The molecule has 0 atom stereocenters. The number of nitriles is 2. The predicted molar refractivity (Wildman–Crippen MR) is 74.1 cm³/mol. The molecule has 92 valence electrons. The van der Waals surface area contributed by atoms with Crippen molar-refractivity contribution in [2.75, 3.05) is 11.1 Å². The highest BCUT2D eigenvalue weighted by molar-refractivity contribution is 5.62. The van der Waals surface area contributed by atoms with Crippen LogP contribution in [0.4, 0.5) is 11.4 Å². The number of nitrogens with zero attached hydrogens (tertiary/aromatic N) is 2. The Morgan fingerprint density at radius 1 is 1.00 bits per heavy atom. The number of nitrogens with two attached hydrogens (primary N) is 1. The molecule has 0 radical (unpaired) electrons. The minimum atomic E-state index is 0.465. The maximum absolute atomic E-state index is 8.79. The zero-order valence-electron chi connectivity index (χ0n) is 10.2. The van der Waals surface area contributed by atoms with Crippen LogP contribution in [0.1, 0.15) is 16.7 Å². The number of anilines is 2. The molecule has 0 bridgehead atoms. The topological polar surface area (TPSA) is 85.6 Å². The quantitative estimate of drug-likeness (QED) is 0.817. The van der Waals surface area contributed by atoms with E-state index >= 15 is 0 Å². The lowest BCUT2D eigenvalue weighted by Crippen LogP contribution is -2.00. The van der Waals surface area contributed by atoms with Gasteiger partial charge >= 0.3 is 0 Å². The van der Waals surface area contributed by atoms with Gasteiger partial charge in [-0.25, -0.2) is 0 Å². The van der Waals surface area contributed by atoms with Crippen molar-refractivity contribution in [1.82, 2.24) is 0 Å². The molecule has 0 spiro atoms.